The predicted octanol–water partition coefficient (Wildman–Crippen LogP) is 3.96. The molecule has 0 heterocycles. The molecule has 0 aromatic heterocycles. The van der Waals surface area contributed by atoms with Gasteiger partial charge in [0.15, 0.2) is 0 Å². The van der Waals surface area contributed by atoms with Crippen molar-refractivity contribution in [2.24, 2.45) is 5.92 Å². The fourth-order valence-electron chi connectivity index (χ4n) is 1.88. The summed E-state index contributed by atoms with van der Waals surface area (Å²) in [5.41, 5.74) is 0. The lowest BCUT2D eigenvalue weighted by atomic mass is 9.86. The van der Waals surface area contributed by atoms with E-state index in [1.807, 2.05) is 6.92 Å². The summed E-state index contributed by atoms with van der Waals surface area (Å²) in [6.07, 6.45) is 11.9. The second-order valence-corrected chi connectivity index (χ2v) is 3.87. The van der Waals surface area contributed by atoms with Crippen LogP contribution < -0.4 is 0 Å². The highest BCUT2D eigenvalue weighted by atomic mass is 16.1. The molecule has 0 radical (unpaired) electrons. The molecule has 1 fully saturated rings. The molecule has 0 amide bonds. The first-order chi connectivity index (χ1) is 6.35. The lowest BCUT2D eigenvalue weighted by molar-refractivity contribution is -0.107. The summed E-state index contributed by atoms with van der Waals surface area (Å²) >= 11 is 0. The molecule has 0 saturated heterocycles. The maximum absolute atomic E-state index is 9.17. The maximum atomic E-state index is 9.17. The second-order valence-electron chi connectivity index (χ2n) is 3.87. The van der Waals surface area contributed by atoms with E-state index in [9.17, 15) is 4.79 Å². The van der Waals surface area contributed by atoms with Crippen LogP contribution >= 0.6 is 0 Å². The number of hydrogen-bond donors (Lipinski definition) is 0. The van der Waals surface area contributed by atoms with Crippen LogP contribution in [0.3, 0.4) is 0 Å². The third-order valence-electron chi connectivity index (χ3n) is 2.59. The molecule has 1 rings (SSSR count). The molecule has 0 atom stereocenters. The molecule has 13 heavy (non-hydrogen) atoms. The van der Waals surface area contributed by atoms with Crippen molar-refractivity contribution in [1.82, 2.24) is 0 Å². The third kappa shape index (κ3) is 8.01. The van der Waals surface area contributed by atoms with Crippen molar-refractivity contribution in [2.45, 2.75) is 65.2 Å². The van der Waals surface area contributed by atoms with E-state index in [1.54, 1.807) is 0 Å². The monoisotopic (exact) mass is 184 g/mol. The largest absolute Gasteiger partial charge is 0.303 e. The zero-order chi connectivity index (χ0) is 9.94. The van der Waals surface area contributed by atoms with Gasteiger partial charge >= 0.3 is 0 Å². The van der Waals surface area contributed by atoms with Gasteiger partial charge in [-0.1, -0.05) is 58.8 Å². The van der Waals surface area contributed by atoms with Crippen LogP contribution in [0, 0.1) is 5.92 Å². The van der Waals surface area contributed by atoms with Gasteiger partial charge < -0.3 is 4.79 Å². The van der Waals surface area contributed by atoms with Gasteiger partial charge in [-0.25, -0.2) is 0 Å². The summed E-state index contributed by atoms with van der Waals surface area (Å²) in [6.45, 7) is 4.11. The third-order valence-corrected chi connectivity index (χ3v) is 2.59. The van der Waals surface area contributed by atoms with Crippen molar-refractivity contribution < 1.29 is 4.79 Å². The molecular formula is C12H24O. The van der Waals surface area contributed by atoms with Crippen LogP contribution in [0.25, 0.3) is 0 Å². The first-order valence-electron chi connectivity index (χ1n) is 5.78. The Morgan fingerprint density at radius 2 is 1.69 bits per heavy atom. The van der Waals surface area contributed by atoms with Crippen molar-refractivity contribution in [3.8, 4) is 0 Å². The van der Waals surface area contributed by atoms with Gasteiger partial charge in [-0.15, -0.1) is 0 Å². The fraction of sp³-hybridized carbons (Fsp3) is 0.917. The summed E-state index contributed by atoms with van der Waals surface area (Å²) in [4.78, 5) is 9.17. The van der Waals surface area contributed by atoms with Crippen LogP contribution in [0.1, 0.15) is 65.2 Å². The van der Waals surface area contributed by atoms with E-state index >= 15 is 0 Å². The SMILES string of the molecule is CCC=O.CCCC1CCCCC1. The second kappa shape index (κ2) is 9.76. The highest BCUT2D eigenvalue weighted by Crippen LogP contribution is 2.26. The minimum absolute atomic E-state index is 0.639. The van der Waals surface area contributed by atoms with Gasteiger partial charge in [-0.05, 0) is 5.92 Å². The van der Waals surface area contributed by atoms with Gasteiger partial charge in [0, 0.05) is 6.42 Å². The molecule has 0 unspecified atom stereocenters. The molecule has 0 aromatic carbocycles. The first kappa shape index (κ1) is 12.7. The van der Waals surface area contributed by atoms with E-state index in [0.717, 1.165) is 12.2 Å². The minimum atomic E-state index is 0.639. The van der Waals surface area contributed by atoms with E-state index in [-0.39, 0.29) is 0 Å². The summed E-state index contributed by atoms with van der Waals surface area (Å²) in [7, 11) is 0. The summed E-state index contributed by atoms with van der Waals surface area (Å²) < 4.78 is 0. The number of aldehydes is 1. The Morgan fingerprint density at radius 3 is 2.08 bits per heavy atom. The smallest absolute Gasteiger partial charge is 0.119 e. The molecule has 1 aliphatic rings. The average molecular weight is 184 g/mol. The van der Waals surface area contributed by atoms with E-state index in [2.05, 4.69) is 6.92 Å². The van der Waals surface area contributed by atoms with Crippen LogP contribution in [-0.2, 0) is 4.79 Å². The zero-order valence-corrected chi connectivity index (χ0v) is 9.22. The Balaban J connectivity index is 0.000000310. The molecule has 0 aromatic rings. The number of rotatable bonds is 3. The van der Waals surface area contributed by atoms with Crippen molar-refractivity contribution >= 4 is 6.29 Å². The lowest BCUT2D eigenvalue weighted by Gasteiger charge is -2.20. The molecule has 0 spiro atoms. The van der Waals surface area contributed by atoms with Gasteiger partial charge in [-0.2, -0.15) is 0 Å². The van der Waals surface area contributed by atoms with Gasteiger partial charge in [0.05, 0.1) is 0 Å². The highest BCUT2D eigenvalue weighted by Gasteiger charge is 2.10. The Kier molecular flexibility index (Phi) is 9.51. The first-order valence-corrected chi connectivity index (χ1v) is 5.78. The van der Waals surface area contributed by atoms with Crippen LogP contribution in [-0.4, -0.2) is 6.29 Å². The Labute approximate surface area is 82.9 Å². The molecule has 1 saturated carbocycles. The quantitative estimate of drug-likeness (QED) is 0.607. The predicted molar refractivity (Wildman–Crippen MR) is 57.8 cm³/mol. The Bertz CT molecular complexity index is 101. The highest BCUT2D eigenvalue weighted by molar-refractivity contribution is 5.48. The van der Waals surface area contributed by atoms with Crippen LogP contribution in [0.4, 0.5) is 0 Å². The van der Waals surface area contributed by atoms with E-state index in [1.165, 1.54) is 44.9 Å². The van der Waals surface area contributed by atoms with Crippen molar-refractivity contribution in [3.05, 3.63) is 0 Å². The van der Waals surface area contributed by atoms with Crippen LogP contribution in [0.15, 0.2) is 0 Å². The van der Waals surface area contributed by atoms with Crippen molar-refractivity contribution in [2.75, 3.05) is 0 Å². The molecule has 78 valence electrons. The van der Waals surface area contributed by atoms with Gasteiger partial charge in [-0.3, -0.25) is 0 Å². The molecule has 1 nitrogen and oxygen atoms in total. The van der Waals surface area contributed by atoms with E-state index in [4.69, 9.17) is 0 Å². The Hall–Kier alpha value is -0.330. The summed E-state index contributed by atoms with van der Waals surface area (Å²) in [5, 5.41) is 0. The maximum Gasteiger partial charge on any atom is 0.119 e. The van der Waals surface area contributed by atoms with Crippen LogP contribution in [0.5, 0.6) is 0 Å². The number of carbonyl (C=O) groups is 1. The standard InChI is InChI=1S/C9H18.C3H6O/c1-2-6-9-7-4-3-5-8-9;1-2-3-4/h9H,2-8H2,1H3;3H,2H2,1H3. The van der Waals surface area contributed by atoms with Gasteiger partial charge in [0.1, 0.15) is 6.29 Å². The van der Waals surface area contributed by atoms with Crippen molar-refractivity contribution in [3.63, 3.8) is 0 Å². The van der Waals surface area contributed by atoms with Crippen molar-refractivity contribution in [1.29, 1.82) is 0 Å². The normalized spacial score (nSPS) is 17.4. The number of hydrogen-bond acceptors (Lipinski definition) is 1. The summed E-state index contributed by atoms with van der Waals surface area (Å²) in [6, 6.07) is 0. The molecule has 0 aliphatic heterocycles. The van der Waals surface area contributed by atoms with Gasteiger partial charge in [0.2, 0.25) is 0 Å². The molecule has 1 aliphatic carbocycles. The van der Waals surface area contributed by atoms with Crippen LogP contribution in [0.2, 0.25) is 0 Å². The topological polar surface area (TPSA) is 17.1 Å². The van der Waals surface area contributed by atoms with E-state index < -0.39 is 0 Å². The molecular weight excluding hydrogens is 160 g/mol. The summed E-state index contributed by atoms with van der Waals surface area (Å²) in [5.74, 6) is 1.10. The fourth-order valence-corrected chi connectivity index (χ4v) is 1.88. The Morgan fingerprint density at radius 1 is 1.15 bits per heavy atom. The minimum Gasteiger partial charge on any atom is -0.303 e. The van der Waals surface area contributed by atoms with E-state index in [0.29, 0.717) is 6.42 Å². The molecule has 0 bridgehead atoms. The molecule has 0 N–H and O–H groups in total. The molecule has 1 heteroatoms. The van der Waals surface area contributed by atoms with Gasteiger partial charge in [0.25, 0.3) is 0 Å². The average Bonchev–Trinajstić information content (AvgIpc) is 2.20. The zero-order valence-electron chi connectivity index (χ0n) is 9.22. The lowest BCUT2D eigenvalue weighted by Crippen LogP contribution is -2.04. The number of carbonyl (C=O) groups excluding carboxylic acids is 1.